The third-order valence-corrected chi connectivity index (χ3v) is 13.0. The second-order valence-corrected chi connectivity index (χ2v) is 16.2. The van der Waals surface area contributed by atoms with E-state index < -0.39 is 0 Å². The Morgan fingerprint density at radius 1 is 0.425 bits per heavy atom. The molecule has 0 bridgehead atoms. The van der Waals surface area contributed by atoms with E-state index in [1.807, 2.05) is 0 Å². The van der Waals surface area contributed by atoms with E-state index in [9.17, 15) is 0 Å². The van der Waals surface area contributed by atoms with Crippen molar-refractivity contribution in [2.75, 3.05) is 0 Å². The molecule has 0 N–H and O–H groups in total. The quantitative estimate of drug-likeness (QED) is 0.0577. The molecule has 0 radical (unpaired) electrons. The minimum absolute atomic E-state index is 0.503. The van der Waals surface area contributed by atoms with Gasteiger partial charge in [0, 0.05) is 0 Å². The number of hydrogen-bond acceptors (Lipinski definition) is 0. The van der Waals surface area contributed by atoms with Gasteiger partial charge < -0.3 is 0 Å². The van der Waals surface area contributed by atoms with Crippen LogP contribution in [-0.4, -0.2) is 29.0 Å². The molecule has 40 heavy (non-hydrogen) atoms. The summed E-state index contributed by atoms with van der Waals surface area (Å²) in [6.07, 6.45) is 30.9. The summed E-state index contributed by atoms with van der Waals surface area (Å²) in [5, 5.41) is 6.50. The summed E-state index contributed by atoms with van der Waals surface area (Å²) in [7, 11) is 0. The molecule has 0 saturated heterocycles. The van der Waals surface area contributed by atoms with Crippen LogP contribution in [0, 0.1) is 0 Å². The summed E-state index contributed by atoms with van der Waals surface area (Å²) >= 11 is 1.01. The van der Waals surface area contributed by atoms with E-state index >= 15 is 0 Å². The van der Waals surface area contributed by atoms with E-state index in [-0.39, 0.29) is 0 Å². The van der Waals surface area contributed by atoms with Crippen molar-refractivity contribution in [3.8, 4) is 0 Å². The van der Waals surface area contributed by atoms with Crippen molar-refractivity contribution in [3.63, 3.8) is 0 Å². The van der Waals surface area contributed by atoms with Crippen LogP contribution in [-0.2, 0) is 12.8 Å². The van der Waals surface area contributed by atoms with E-state index in [0.29, 0.717) is 29.0 Å². The molecule has 4 rings (SSSR count). The SMILES string of the molecule is CCCCCCCCCCCCc1cc2cc[se]c2c2c(CCCCCCCCCCCC)cc3cc[se]c3c12. The normalized spacial score (nSPS) is 11.9. The van der Waals surface area contributed by atoms with Gasteiger partial charge in [-0.1, -0.05) is 39.5 Å². The predicted octanol–water partition coefficient (Wildman–Crippen LogP) is 12.2. The van der Waals surface area contributed by atoms with Gasteiger partial charge in [0.05, 0.1) is 0 Å². The number of fused-ring (bicyclic) bond motifs is 5. The van der Waals surface area contributed by atoms with Crippen molar-refractivity contribution >= 4 is 59.1 Å². The number of unbranched alkanes of at least 4 members (excludes halogenated alkanes) is 18. The van der Waals surface area contributed by atoms with Gasteiger partial charge in [-0.3, -0.25) is 0 Å². The third kappa shape index (κ3) is 9.63. The molecule has 0 amide bonds. The zero-order valence-electron chi connectivity index (χ0n) is 25.8. The van der Waals surface area contributed by atoms with Crippen LogP contribution in [0.2, 0.25) is 0 Å². The van der Waals surface area contributed by atoms with E-state index in [2.05, 4.69) is 48.0 Å². The van der Waals surface area contributed by atoms with Crippen LogP contribution in [0.4, 0.5) is 0 Å². The Bertz CT molecular complexity index is 1150. The molecule has 220 valence electrons. The van der Waals surface area contributed by atoms with Gasteiger partial charge in [0.25, 0.3) is 0 Å². The molecule has 0 fully saturated rings. The Hall–Kier alpha value is -0.781. The van der Waals surface area contributed by atoms with Crippen LogP contribution >= 0.6 is 0 Å². The van der Waals surface area contributed by atoms with Crippen molar-refractivity contribution in [3.05, 3.63) is 45.3 Å². The number of aryl methyl sites for hydroxylation is 2. The first kappa shape index (κ1) is 32.1. The number of rotatable bonds is 22. The summed E-state index contributed by atoms with van der Waals surface area (Å²) in [5.74, 6) is 0. The molecule has 2 aromatic heterocycles. The maximum absolute atomic E-state index is 2.61. The van der Waals surface area contributed by atoms with Crippen LogP contribution in [0.25, 0.3) is 30.1 Å². The Kier molecular flexibility index (Phi) is 15.0. The van der Waals surface area contributed by atoms with Gasteiger partial charge in [0.2, 0.25) is 0 Å². The first-order chi connectivity index (χ1) is 19.8. The summed E-state index contributed by atoms with van der Waals surface area (Å²) < 4.78 is 3.39. The molecule has 0 unspecified atom stereocenters. The zero-order chi connectivity index (χ0) is 27.8. The molecule has 0 aliphatic heterocycles. The molecule has 0 nitrogen and oxygen atoms in total. The molecule has 2 heteroatoms. The van der Waals surface area contributed by atoms with Crippen molar-refractivity contribution < 1.29 is 0 Å². The van der Waals surface area contributed by atoms with E-state index in [0.717, 1.165) is 0 Å². The summed E-state index contributed by atoms with van der Waals surface area (Å²) in [6.45, 7) is 4.62. The fourth-order valence-corrected chi connectivity index (χ4v) is 10.7. The Morgan fingerprint density at radius 2 is 0.750 bits per heavy atom. The van der Waals surface area contributed by atoms with Crippen LogP contribution in [0.1, 0.15) is 153 Å². The van der Waals surface area contributed by atoms with Gasteiger partial charge in [-0.25, -0.2) is 0 Å². The van der Waals surface area contributed by atoms with Gasteiger partial charge in [-0.15, -0.1) is 0 Å². The topological polar surface area (TPSA) is 0 Å². The Labute approximate surface area is 258 Å². The van der Waals surface area contributed by atoms with Crippen molar-refractivity contribution in [2.45, 2.75) is 155 Å². The molecule has 0 spiro atoms. The maximum atomic E-state index is 2.61. The molecule has 0 aliphatic carbocycles. The van der Waals surface area contributed by atoms with Crippen LogP contribution in [0.15, 0.2) is 34.1 Å². The van der Waals surface area contributed by atoms with Gasteiger partial charge in [-0.05, 0) is 0 Å². The van der Waals surface area contributed by atoms with Crippen molar-refractivity contribution in [1.82, 2.24) is 0 Å². The first-order valence-electron chi connectivity index (χ1n) is 17.1. The number of hydrogen-bond donors (Lipinski definition) is 0. The van der Waals surface area contributed by atoms with E-state index in [4.69, 9.17) is 0 Å². The molecule has 2 aromatic carbocycles. The fourth-order valence-electron chi connectivity index (χ4n) is 6.63. The van der Waals surface area contributed by atoms with Crippen LogP contribution in [0.5, 0.6) is 0 Å². The monoisotopic (exact) mass is 672 g/mol. The Balaban J connectivity index is 1.36. The zero-order valence-corrected chi connectivity index (χ0v) is 29.3. The standard InChI is InChI=1S/C38H56Se2/c1-3-5-7-9-11-13-15-17-19-21-23-31-29-33-25-27-40-38(33)36-32(30-34-26-28-39-37(34)35(31)36)24-22-20-18-16-14-12-10-8-6-4-2/h25-30H,3-24H2,1-2H3. The average molecular weight is 671 g/mol. The third-order valence-electron chi connectivity index (χ3n) is 9.00. The summed E-state index contributed by atoms with van der Waals surface area (Å²) in [6, 6.07) is 10.1. The Morgan fingerprint density at radius 3 is 1.10 bits per heavy atom. The molecule has 0 atom stereocenters. The van der Waals surface area contributed by atoms with Gasteiger partial charge in [0.15, 0.2) is 0 Å². The summed E-state index contributed by atoms with van der Waals surface area (Å²) in [4.78, 5) is 4.95. The van der Waals surface area contributed by atoms with Crippen molar-refractivity contribution in [1.29, 1.82) is 0 Å². The van der Waals surface area contributed by atoms with E-state index in [1.165, 1.54) is 141 Å². The molecule has 0 saturated carbocycles. The second-order valence-electron chi connectivity index (χ2n) is 12.4. The first-order valence-corrected chi connectivity index (χ1v) is 20.8. The fraction of sp³-hybridized carbons (Fsp3) is 0.632. The van der Waals surface area contributed by atoms with Crippen LogP contribution in [0.3, 0.4) is 0 Å². The predicted molar refractivity (Wildman–Crippen MR) is 184 cm³/mol. The van der Waals surface area contributed by atoms with Gasteiger partial charge in [-0.2, -0.15) is 0 Å². The molecule has 0 aliphatic rings. The molecule has 4 aromatic rings. The van der Waals surface area contributed by atoms with Crippen LogP contribution < -0.4 is 0 Å². The molecular weight excluding hydrogens is 614 g/mol. The van der Waals surface area contributed by atoms with Gasteiger partial charge in [0.1, 0.15) is 0 Å². The average Bonchev–Trinajstić information content (AvgIpc) is 3.64. The second kappa shape index (κ2) is 18.7. The van der Waals surface area contributed by atoms with Gasteiger partial charge >= 0.3 is 220 Å². The summed E-state index contributed by atoms with van der Waals surface area (Å²) in [5.41, 5.74) is 3.34. The van der Waals surface area contributed by atoms with Crippen molar-refractivity contribution in [2.24, 2.45) is 0 Å². The van der Waals surface area contributed by atoms with E-state index in [1.54, 1.807) is 41.2 Å². The minimum atomic E-state index is 0.503. The molecule has 2 heterocycles. The molecular formula is C38H56Se2. The number of benzene rings is 2.